The van der Waals surface area contributed by atoms with Crippen LogP contribution in [0.1, 0.15) is 0 Å². The topological polar surface area (TPSA) is 23.1 Å². The summed E-state index contributed by atoms with van der Waals surface area (Å²) in [6.45, 7) is 0. The zero-order valence-electron chi connectivity index (χ0n) is 10.9. The smallest absolute Gasteiger partial charge is 0.159 e. The summed E-state index contributed by atoms with van der Waals surface area (Å²) in [7, 11) is 0. The van der Waals surface area contributed by atoms with Crippen molar-refractivity contribution in [1.29, 1.82) is 0 Å². The number of rotatable bonds is 3. The second kappa shape index (κ2) is 5.95. The van der Waals surface area contributed by atoms with Crippen molar-refractivity contribution in [3.8, 4) is 11.1 Å². The third kappa shape index (κ3) is 2.77. The molecule has 0 amide bonds. The van der Waals surface area contributed by atoms with Crippen LogP contribution in [0.15, 0.2) is 94.7 Å². The van der Waals surface area contributed by atoms with Crippen LogP contribution in [0, 0.1) is 0 Å². The van der Waals surface area contributed by atoms with Gasteiger partial charge in [-0.15, -0.1) is 0 Å². The Bertz CT molecular complexity index is 680. The van der Waals surface area contributed by atoms with Gasteiger partial charge in [0.25, 0.3) is 0 Å². The second-order valence-corrected chi connectivity index (χ2v) is 5.96. The van der Waals surface area contributed by atoms with Crippen molar-refractivity contribution in [3.63, 3.8) is 0 Å². The summed E-state index contributed by atoms with van der Waals surface area (Å²) in [5.41, 5.74) is 2.23. The van der Waals surface area contributed by atoms with Gasteiger partial charge >= 0.3 is 0 Å². The van der Waals surface area contributed by atoms with Crippen molar-refractivity contribution in [2.24, 2.45) is 0 Å². The van der Waals surface area contributed by atoms with E-state index < -0.39 is 11.2 Å². The van der Waals surface area contributed by atoms with E-state index in [0.717, 1.165) is 20.9 Å². The molecule has 3 aromatic carbocycles. The van der Waals surface area contributed by atoms with Crippen molar-refractivity contribution in [3.05, 3.63) is 84.9 Å². The van der Waals surface area contributed by atoms with Gasteiger partial charge in [-0.1, -0.05) is 60.7 Å². The lowest BCUT2D eigenvalue weighted by molar-refractivity contribution is 0.595. The molecule has 0 aliphatic heterocycles. The lowest BCUT2D eigenvalue weighted by atomic mass is 10.1. The Morgan fingerprint density at radius 3 is 1.80 bits per heavy atom. The fourth-order valence-corrected chi connectivity index (χ4v) is 3.21. The summed E-state index contributed by atoms with van der Waals surface area (Å²) < 4.78 is 12.5. The lowest BCUT2D eigenvalue weighted by Crippen LogP contribution is -2.01. The minimum Gasteiger partial charge on any atom is -0.606 e. The predicted molar refractivity (Wildman–Crippen MR) is 83.0 cm³/mol. The van der Waals surface area contributed by atoms with Crippen molar-refractivity contribution in [1.82, 2.24) is 0 Å². The molecule has 0 spiro atoms. The monoisotopic (exact) mass is 278 g/mol. The van der Waals surface area contributed by atoms with E-state index in [4.69, 9.17) is 0 Å². The Labute approximate surface area is 122 Å². The molecule has 0 radical (unpaired) electrons. The number of hydrogen-bond acceptors (Lipinski definition) is 1. The number of benzene rings is 3. The van der Waals surface area contributed by atoms with Gasteiger partial charge in [-0.05, 0) is 29.3 Å². The van der Waals surface area contributed by atoms with Gasteiger partial charge in [-0.25, -0.2) is 0 Å². The van der Waals surface area contributed by atoms with Crippen LogP contribution in [0.25, 0.3) is 11.1 Å². The molecule has 0 heterocycles. The van der Waals surface area contributed by atoms with Gasteiger partial charge in [0.05, 0.1) is 0 Å². The first-order chi connectivity index (χ1) is 9.84. The molecule has 2 heteroatoms. The van der Waals surface area contributed by atoms with Crippen LogP contribution in [0.5, 0.6) is 0 Å². The van der Waals surface area contributed by atoms with E-state index >= 15 is 0 Å². The maximum absolute atomic E-state index is 12.5. The molecule has 0 bridgehead atoms. The summed E-state index contributed by atoms with van der Waals surface area (Å²) in [6.07, 6.45) is 0. The van der Waals surface area contributed by atoms with Crippen LogP contribution >= 0.6 is 0 Å². The van der Waals surface area contributed by atoms with E-state index in [9.17, 15) is 4.55 Å². The van der Waals surface area contributed by atoms with E-state index in [2.05, 4.69) is 12.1 Å². The van der Waals surface area contributed by atoms with Crippen LogP contribution in [0.3, 0.4) is 0 Å². The fraction of sp³-hybridized carbons (Fsp3) is 0. The summed E-state index contributed by atoms with van der Waals surface area (Å²) in [5.74, 6) is 0. The molecular weight excluding hydrogens is 264 g/mol. The van der Waals surface area contributed by atoms with Crippen molar-refractivity contribution >= 4 is 11.2 Å². The molecule has 1 unspecified atom stereocenters. The Morgan fingerprint density at radius 2 is 1.10 bits per heavy atom. The summed E-state index contributed by atoms with van der Waals surface area (Å²) in [6, 6.07) is 27.6. The Morgan fingerprint density at radius 1 is 0.550 bits per heavy atom. The largest absolute Gasteiger partial charge is 0.606 e. The van der Waals surface area contributed by atoms with Crippen LogP contribution in [-0.2, 0) is 11.2 Å². The van der Waals surface area contributed by atoms with Gasteiger partial charge in [-0.2, -0.15) is 0 Å². The van der Waals surface area contributed by atoms with Crippen LogP contribution < -0.4 is 0 Å². The SMILES string of the molecule is [O-][S+](c1ccccc1)c1cccc(-c2ccccc2)c1. The Kier molecular flexibility index (Phi) is 3.86. The molecule has 0 saturated carbocycles. The molecule has 1 atom stereocenters. The predicted octanol–water partition coefficient (Wildman–Crippen LogP) is 4.52. The maximum Gasteiger partial charge on any atom is 0.159 e. The molecule has 1 nitrogen and oxygen atoms in total. The highest BCUT2D eigenvalue weighted by atomic mass is 32.2. The molecule has 0 saturated heterocycles. The average Bonchev–Trinajstić information content (AvgIpc) is 2.56. The standard InChI is InChI=1S/C18H14OS/c19-20(17-11-5-2-6-12-17)18-13-7-10-16(14-18)15-8-3-1-4-9-15/h1-14H. The highest BCUT2D eigenvalue weighted by Gasteiger charge is 2.14. The fourth-order valence-electron chi connectivity index (χ4n) is 2.10. The van der Waals surface area contributed by atoms with Gasteiger partial charge in [-0.3, -0.25) is 0 Å². The van der Waals surface area contributed by atoms with E-state index in [1.165, 1.54) is 0 Å². The minimum absolute atomic E-state index is 0.831. The summed E-state index contributed by atoms with van der Waals surface area (Å²) >= 11 is -1.13. The Hall–Kier alpha value is -2.03. The van der Waals surface area contributed by atoms with Gasteiger partial charge in [0.15, 0.2) is 9.79 Å². The zero-order chi connectivity index (χ0) is 13.8. The first-order valence-electron chi connectivity index (χ1n) is 6.47. The third-order valence-corrected chi connectivity index (χ3v) is 4.49. The molecule has 20 heavy (non-hydrogen) atoms. The van der Waals surface area contributed by atoms with E-state index in [-0.39, 0.29) is 0 Å². The van der Waals surface area contributed by atoms with E-state index in [0.29, 0.717) is 0 Å². The van der Waals surface area contributed by atoms with Crippen LogP contribution in [0.2, 0.25) is 0 Å². The molecule has 0 aliphatic carbocycles. The van der Waals surface area contributed by atoms with E-state index in [1.807, 2.05) is 72.8 Å². The normalized spacial score (nSPS) is 12.1. The van der Waals surface area contributed by atoms with Crippen molar-refractivity contribution < 1.29 is 4.55 Å². The minimum atomic E-state index is -1.13. The number of hydrogen-bond donors (Lipinski definition) is 0. The van der Waals surface area contributed by atoms with E-state index in [1.54, 1.807) is 0 Å². The van der Waals surface area contributed by atoms with Gasteiger partial charge in [0, 0.05) is 17.2 Å². The van der Waals surface area contributed by atoms with Gasteiger partial charge < -0.3 is 4.55 Å². The first-order valence-corrected chi connectivity index (χ1v) is 7.62. The van der Waals surface area contributed by atoms with Gasteiger partial charge in [0.2, 0.25) is 0 Å². The molecule has 3 rings (SSSR count). The molecule has 0 fully saturated rings. The van der Waals surface area contributed by atoms with Crippen LogP contribution in [-0.4, -0.2) is 4.55 Å². The highest BCUT2D eigenvalue weighted by Crippen LogP contribution is 2.26. The average molecular weight is 278 g/mol. The Balaban J connectivity index is 1.96. The lowest BCUT2D eigenvalue weighted by Gasteiger charge is -2.11. The summed E-state index contributed by atoms with van der Waals surface area (Å²) in [5, 5.41) is 0. The quantitative estimate of drug-likeness (QED) is 0.646. The third-order valence-electron chi connectivity index (χ3n) is 3.11. The first kappa shape index (κ1) is 13.0. The second-order valence-electron chi connectivity index (χ2n) is 4.48. The van der Waals surface area contributed by atoms with Crippen LogP contribution in [0.4, 0.5) is 0 Å². The zero-order valence-corrected chi connectivity index (χ0v) is 11.7. The highest BCUT2D eigenvalue weighted by molar-refractivity contribution is 7.91. The van der Waals surface area contributed by atoms with Crippen molar-refractivity contribution in [2.45, 2.75) is 9.79 Å². The molecular formula is C18H14OS. The molecule has 3 aromatic rings. The molecule has 0 aromatic heterocycles. The summed E-state index contributed by atoms with van der Waals surface area (Å²) in [4.78, 5) is 1.66. The molecule has 98 valence electrons. The van der Waals surface area contributed by atoms with Crippen molar-refractivity contribution in [2.75, 3.05) is 0 Å². The molecule has 0 aliphatic rings. The van der Waals surface area contributed by atoms with Gasteiger partial charge in [0.1, 0.15) is 0 Å². The molecule has 0 N–H and O–H groups in total. The maximum atomic E-state index is 12.5.